The number of benzene rings is 2. The van der Waals surface area contributed by atoms with Gasteiger partial charge in [0.05, 0.1) is 5.69 Å². The third kappa shape index (κ3) is 3.52. The maximum absolute atomic E-state index is 10.5. The van der Waals surface area contributed by atoms with Crippen LogP contribution < -0.4 is 4.74 Å². The van der Waals surface area contributed by atoms with Crippen LogP contribution in [0.3, 0.4) is 0 Å². The second-order valence-corrected chi connectivity index (χ2v) is 5.34. The first-order valence-electron chi connectivity index (χ1n) is 6.59. The second-order valence-electron chi connectivity index (χ2n) is 4.93. The molecule has 2 rings (SSSR count). The van der Waals surface area contributed by atoms with Crippen molar-refractivity contribution in [2.24, 2.45) is 4.99 Å². The van der Waals surface area contributed by atoms with Crippen molar-refractivity contribution in [2.75, 3.05) is 0 Å². The minimum atomic E-state index is 0.327. The molecule has 0 aliphatic heterocycles. The molecule has 0 fully saturated rings. The fourth-order valence-electron chi connectivity index (χ4n) is 2.14. The highest BCUT2D eigenvalue weighted by molar-refractivity contribution is 6.31. The van der Waals surface area contributed by atoms with Crippen LogP contribution in [-0.4, -0.2) is 6.08 Å². The smallest absolute Gasteiger partial charge is 0.240 e. The number of halogens is 1. The van der Waals surface area contributed by atoms with Gasteiger partial charge in [0.15, 0.2) is 0 Å². The zero-order chi connectivity index (χ0) is 15.4. The molecule has 0 spiro atoms. The molecule has 21 heavy (non-hydrogen) atoms. The molecular formula is C17H16ClNO2. The van der Waals surface area contributed by atoms with E-state index in [-0.39, 0.29) is 0 Å². The van der Waals surface area contributed by atoms with Crippen LogP contribution in [0.4, 0.5) is 5.69 Å². The van der Waals surface area contributed by atoms with Gasteiger partial charge in [0.1, 0.15) is 12.4 Å². The Morgan fingerprint density at radius 3 is 2.62 bits per heavy atom. The van der Waals surface area contributed by atoms with Crippen molar-refractivity contribution < 1.29 is 9.53 Å². The Labute approximate surface area is 129 Å². The lowest BCUT2D eigenvalue weighted by molar-refractivity contribution is 0.304. The molecule has 0 saturated heterocycles. The van der Waals surface area contributed by atoms with Gasteiger partial charge >= 0.3 is 0 Å². The Hall–Kier alpha value is -2.09. The van der Waals surface area contributed by atoms with Crippen LogP contribution in [0.25, 0.3) is 0 Å². The Morgan fingerprint density at radius 1 is 1.14 bits per heavy atom. The SMILES string of the molecule is Cc1cc(C)c(OCc2c(C)cccc2N=C=O)cc1Cl. The molecule has 0 radical (unpaired) electrons. The Morgan fingerprint density at radius 2 is 1.90 bits per heavy atom. The highest BCUT2D eigenvalue weighted by atomic mass is 35.5. The molecule has 2 aromatic carbocycles. The maximum atomic E-state index is 10.5. The first-order valence-corrected chi connectivity index (χ1v) is 6.96. The molecule has 0 aliphatic rings. The van der Waals surface area contributed by atoms with E-state index in [1.165, 1.54) is 0 Å². The molecule has 0 N–H and O–H groups in total. The predicted octanol–water partition coefficient (Wildman–Crippen LogP) is 4.81. The number of hydrogen-bond acceptors (Lipinski definition) is 3. The molecule has 0 aromatic heterocycles. The average molecular weight is 302 g/mol. The fraction of sp³-hybridized carbons (Fsp3) is 0.235. The Balaban J connectivity index is 2.28. The standard InChI is InChI=1S/C17H16ClNO2/c1-11-5-4-6-16(19-10-20)14(11)9-21-17-8-15(18)12(2)7-13(17)3/h4-8H,9H2,1-3H3. The van der Waals surface area contributed by atoms with Crippen LogP contribution in [0.1, 0.15) is 22.3 Å². The van der Waals surface area contributed by atoms with E-state index in [1.54, 1.807) is 12.1 Å². The van der Waals surface area contributed by atoms with Gasteiger partial charge in [-0.05, 0) is 49.6 Å². The number of rotatable bonds is 4. The van der Waals surface area contributed by atoms with E-state index in [4.69, 9.17) is 16.3 Å². The zero-order valence-corrected chi connectivity index (χ0v) is 13.0. The van der Waals surface area contributed by atoms with E-state index >= 15 is 0 Å². The largest absolute Gasteiger partial charge is 0.488 e. The van der Waals surface area contributed by atoms with E-state index < -0.39 is 0 Å². The van der Waals surface area contributed by atoms with E-state index in [9.17, 15) is 4.79 Å². The monoisotopic (exact) mass is 301 g/mol. The number of aryl methyl sites for hydroxylation is 3. The summed E-state index contributed by atoms with van der Waals surface area (Å²) in [5.74, 6) is 0.731. The number of ether oxygens (including phenoxy) is 1. The minimum Gasteiger partial charge on any atom is -0.488 e. The molecule has 0 aliphatic carbocycles. The average Bonchev–Trinajstić information content (AvgIpc) is 2.44. The van der Waals surface area contributed by atoms with E-state index in [0.29, 0.717) is 17.3 Å². The van der Waals surface area contributed by atoms with Crippen LogP contribution in [0.2, 0.25) is 5.02 Å². The number of carbonyl (C=O) groups excluding carboxylic acids is 1. The van der Waals surface area contributed by atoms with Crippen molar-refractivity contribution in [3.63, 3.8) is 0 Å². The maximum Gasteiger partial charge on any atom is 0.240 e. The summed E-state index contributed by atoms with van der Waals surface area (Å²) in [5, 5.41) is 0.673. The normalized spacial score (nSPS) is 10.1. The zero-order valence-electron chi connectivity index (χ0n) is 12.2. The van der Waals surface area contributed by atoms with Crippen molar-refractivity contribution in [1.29, 1.82) is 0 Å². The molecule has 0 unspecified atom stereocenters. The summed E-state index contributed by atoms with van der Waals surface area (Å²) >= 11 is 6.13. The summed E-state index contributed by atoms with van der Waals surface area (Å²) in [4.78, 5) is 14.2. The summed E-state index contributed by atoms with van der Waals surface area (Å²) in [5.41, 5.74) is 4.51. The summed E-state index contributed by atoms with van der Waals surface area (Å²) in [6.07, 6.45) is 1.58. The summed E-state index contributed by atoms with van der Waals surface area (Å²) in [6.45, 7) is 6.21. The van der Waals surface area contributed by atoms with Crippen LogP contribution in [0.5, 0.6) is 5.75 Å². The van der Waals surface area contributed by atoms with Gasteiger partial charge in [0, 0.05) is 10.6 Å². The number of nitrogens with zero attached hydrogens (tertiary/aromatic N) is 1. The number of isocyanates is 1. The number of aliphatic imine (C=N–C) groups is 1. The van der Waals surface area contributed by atoms with Gasteiger partial charge in [-0.25, -0.2) is 4.79 Å². The molecule has 108 valence electrons. The van der Waals surface area contributed by atoms with Crippen LogP contribution >= 0.6 is 11.6 Å². The summed E-state index contributed by atoms with van der Waals surface area (Å²) in [7, 11) is 0. The first kappa shape index (κ1) is 15.3. The van der Waals surface area contributed by atoms with Gasteiger partial charge in [-0.15, -0.1) is 0 Å². The van der Waals surface area contributed by atoms with Crippen molar-refractivity contribution >= 4 is 23.4 Å². The number of hydrogen-bond donors (Lipinski definition) is 0. The van der Waals surface area contributed by atoms with E-state index in [0.717, 1.165) is 28.0 Å². The highest BCUT2D eigenvalue weighted by Crippen LogP contribution is 2.29. The lowest BCUT2D eigenvalue weighted by Crippen LogP contribution is -2.00. The van der Waals surface area contributed by atoms with Crippen LogP contribution in [0.15, 0.2) is 35.3 Å². The highest BCUT2D eigenvalue weighted by Gasteiger charge is 2.09. The third-order valence-electron chi connectivity index (χ3n) is 3.38. The van der Waals surface area contributed by atoms with Crippen molar-refractivity contribution in [2.45, 2.75) is 27.4 Å². The second kappa shape index (κ2) is 6.57. The summed E-state index contributed by atoms with van der Waals surface area (Å²) in [6, 6.07) is 9.37. The van der Waals surface area contributed by atoms with Gasteiger partial charge in [-0.3, -0.25) is 0 Å². The molecule has 0 heterocycles. The van der Waals surface area contributed by atoms with Gasteiger partial charge in [0.2, 0.25) is 6.08 Å². The molecule has 0 bridgehead atoms. The predicted molar refractivity (Wildman–Crippen MR) is 84.2 cm³/mol. The lowest BCUT2D eigenvalue weighted by Gasteiger charge is -2.13. The summed E-state index contributed by atoms with van der Waals surface area (Å²) < 4.78 is 5.85. The Bertz CT molecular complexity index is 719. The molecule has 2 aromatic rings. The molecular weight excluding hydrogens is 286 g/mol. The topological polar surface area (TPSA) is 38.7 Å². The van der Waals surface area contributed by atoms with Gasteiger partial charge < -0.3 is 4.74 Å². The fourth-order valence-corrected chi connectivity index (χ4v) is 2.30. The van der Waals surface area contributed by atoms with E-state index in [2.05, 4.69) is 4.99 Å². The van der Waals surface area contributed by atoms with Gasteiger partial charge in [0.25, 0.3) is 0 Å². The molecule has 0 atom stereocenters. The van der Waals surface area contributed by atoms with E-state index in [1.807, 2.05) is 45.0 Å². The van der Waals surface area contributed by atoms with Gasteiger partial charge in [-0.1, -0.05) is 29.8 Å². The molecule has 3 nitrogen and oxygen atoms in total. The molecule has 4 heteroatoms. The lowest BCUT2D eigenvalue weighted by atomic mass is 10.1. The first-order chi connectivity index (χ1) is 10.0. The van der Waals surface area contributed by atoms with Crippen molar-refractivity contribution in [1.82, 2.24) is 0 Å². The van der Waals surface area contributed by atoms with Crippen molar-refractivity contribution in [3.8, 4) is 5.75 Å². The Kier molecular flexibility index (Phi) is 4.79. The molecule has 0 saturated carbocycles. The quantitative estimate of drug-likeness (QED) is 0.600. The van der Waals surface area contributed by atoms with Crippen LogP contribution in [-0.2, 0) is 11.4 Å². The third-order valence-corrected chi connectivity index (χ3v) is 3.79. The van der Waals surface area contributed by atoms with Crippen molar-refractivity contribution in [3.05, 3.63) is 57.6 Å². The van der Waals surface area contributed by atoms with Crippen LogP contribution in [0, 0.1) is 20.8 Å². The molecule has 0 amide bonds. The van der Waals surface area contributed by atoms with Gasteiger partial charge in [-0.2, -0.15) is 4.99 Å². The minimum absolute atomic E-state index is 0.327.